The number of hydrogen-bond donors (Lipinski definition) is 2. The van der Waals surface area contributed by atoms with Crippen molar-refractivity contribution >= 4 is 11.9 Å². The Hall–Kier alpha value is -2.15. The van der Waals surface area contributed by atoms with E-state index in [1.165, 1.54) is 13.2 Å². The highest BCUT2D eigenvalue weighted by atomic mass is 19.1. The highest BCUT2D eigenvalue weighted by molar-refractivity contribution is 5.95. The van der Waals surface area contributed by atoms with E-state index in [9.17, 15) is 14.0 Å². The van der Waals surface area contributed by atoms with Gasteiger partial charge in [-0.2, -0.15) is 0 Å². The second-order valence-corrected chi connectivity index (χ2v) is 6.26. The zero-order chi connectivity index (χ0) is 18.8. The van der Waals surface area contributed by atoms with Crippen LogP contribution in [0.1, 0.15) is 32.8 Å². The van der Waals surface area contributed by atoms with E-state index in [-0.39, 0.29) is 12.3 Å². The maximum absolute atomic E-state index is 13.7. The molecule has 0 aliphatic heterocycles. The summed E-state index contributed by atoms with van der Waals surface area (Å²) in [5.74, 6) is -0.165. The molecule has 0 heterocycles. The predicted molar refractivity (Wildman–Crippen MR) is 94.9 cm³/mol. The van der Waals surface area contributed by atoms with Crippen molar-refractivity contribution in [1.82, 2.24) is 15.5 Å². The van der Waals surface area contributed by atoms with Gasteiger partial charge in [0.25, 0.3) is 0 Å². The number of benzene rings is 1. The third-order valence-corrected chi connectivity index (χ3v) is 3.70. The second kappa shape index (κ2) is 10.7. The minimum absolute atomic E-state index is 0.0573. The molecule has 0 saturated carbocycles. The maximum Gasteiger partial charge on any atom is 0.321 e. The molecular formula is C18H28FN3O3. The third kappa shape index (κ3) is 7.98. The Kier molecular flexibility index (Phi) is 8.91. The fourth-order valence-electron chi connectivity index (χ4n) is 2.23. The first-order valence-corrected chi connectivity index (χ1v) is 8.48. The number of imide groups is 1. The van der Waals surface area contributed by atoms with Crippen molar-refractivity contribution in [3.05, 3.63) is 29.6 Å². The largest absolute Gasteiger partial charge is 0.494 e. The molecule has 6 nitrogen and oxygen atoms in total. The summed E-state index contributed by atoms with van der Waals surface area (Å²) in [5, 5.41) is 4.96. The van der Waals surface area contributed by atoms with Crippen LogP contribution in [-0.2, 0) is 11.3 Å². The van der Waals surface area contributed by atoms with E-state index in [1.807, 2.05) is 11.8 Å². The molecule has 0 aromatic heterocycles. The SMILES string of the molecule is CCN(CC(=O)NC(=O)NCCC(C)C)Cc1ccc(OC)c(F)c1. The highest BCUT2D eigenvalue weighted by Gasteiger charge is 2.13. The molecule has 7 heteroatoms. The molecule has 0 aliphatic rings. The predicted octanol–water partition coefficient (Wildman–Crippen LogP) is 2.53. The van der Waals surface area contributed by atoms with Gasteiger partial charge in [-0.3, -0.25) is 15.0 Å². The molecule has 0 unspecified atom stereocenters. The fraction of sp³-hybridized carbons (Fsp3) is 0.556. The molecule has 0 aliphatic carbocycles. The van der Waals surface area contributed by atoms with Crippen molar-refractivity contribution in [1.29, 1.82) is 0 Å². The lowest BCUT2D eigenvalue weighted by Gasteiger charge is -2.20. The van der Waals surface area contributed by atoms with Gasteiger partial charge in [-0.25, -0.2) is 9.18 Å². The standard InChI is InChI=1S/C18H28FN3O3/c1-5-22(11-14-6-7-16(25-4)15(19)10-14)12-17(23)21-18(24)20-9-8-13(2)3/h6-7,10,13H,5,8-9,11-12H2,1-4H3,(H2,20,21,23,24). The molecule has 0 bridgehead atoms. The highest BCUT2D eigenvalue weighted by Crippen LogP contribution is 2.18. The van der Waals surface area contributed by atoms with Crippen molar-refractivity contribution in [2.24, 2.45) is 5.92 Å². The van der Waals surface area contributed by atoms with E-state index in [1.54, 1.807) is 12.1 Å². The fourth-order valence-corrected chi connectivity index (χ4v) is 2.23. The molecule has 0 atom stereocenters. The summed E-state index contributed by atoms with van der Waals surface area (Å²) >= 11 is 0. The normalized spacial score (nSPS) is 10.8. The smallest absolute Gasteiger partial charge is 0.321 e. The summed E-state index contributed by atoms with van der Waals surface area (Å²) in [5.41, 5.74) is 0.731. The molecule has 2 N–H and O–H groups in total. The van der Waals surface area contributed by atoms with Gasteiger partial charge >= 0.3 is 6.03 Å². The first kappa shape index (κ1) is 20.9. The Morgan fingerprint density at radius 3 is 2.60 bits per heavy atom. The van der Waals surface area contributed by atoms with Crippen LogP contribution < -0.4 is 15.4 Å². The zero-order valence-corrected chi connectivity index (χ0v) is 15.4. The molecule has 1 rings (SSSR count). The molecule has 0 spiro atoms. The second-order valence-electron chi connectivity index (χ2n) is 6.26. The van der Waals surface area contributed by atoms with Gasteiger partial charge in [0.15, 0.2) is 11.6 Å². The molecule has 3 amide bonds. The summed E-state index contributed by atoms with van der Waals surface area (Å²) in [4.78, 5) is 25.4. The quantitative estimate of drug-likeness (QED) is 0.716. The number of nitrogens with one attached hydrogen (secondary N) is 2. The van der Waals surface area contributed by atoms with Crippen LogP contribution in [0.5, 0.6) is 5.75 Å². The van der Waals surface area contributed by atoms with Crippen LogP contribution in [-0.4, -0.2) is 43.6 Å². The molecule has 0 fully saturated rings. The van der Waals surface area contributed by atoms with Crippen molar-refractivity contribution in [2.75, 3.05) is 26.7 Å². The molecule has 0 radical (unpaired) electrons. The van der Waals surface area contributed by atoms with Gasteiger partial charge in [-0.15, -0.1) is 0 Å². The van der Waals surface area contributed by atoms with Crippen LogP contribution in [0.2, 0.25) is 0 Å². The summed E-state index contributed by atoms with van der Waals surface area (Å²) in [6.07, 6.45) is 0.853. The monoisotopic (exact) mass is 353 g/mol. The Labute approximate surface area is 148 Å². The number of methoxy groups -OCH3 is 1. The van der Waals surface area contributed by atoms with Gasteiger partial charge in [0.2, 0.25) is 5.91 Å². The van der Waals surface area contributed by atoms with E-state index in [0.717, 1.165) is 12.0 Å². The summed E-state index contributed by atoms with van der Waals surface area (Å²) in [7, 11) is 1.41. The van der Waals surface area contributed by atoms with Gasteiger partial charge in [-0.1, -0.05) is 26.8 Å². The Morgan fingerprint density at radius 1 is 1.32 bits per heavy atom. The summed E-state index contributed by atoms with van der Waals surface area (Å²) < 4.78 is 18.6. The van der Waals surface area contributed by atoms with Gasteiger partial charge in [0.1, 0.15) is 0 Å². The van der Waals surface area contributed by atoms with Crippen LogP contribution in [0.3, 0.4) is 0 Å². The number of rotatable bonds is 9. The van der Waals surface area contributed by atoms with E-state index in [2.05, 4.69) is 24.5 Å². The van der Waals surface area contributed by atoms with Gasteiger partial charge in [0, 0.05) is 13.1 Å². The number of urea groups is 1. The van der Waals surface area contributed by atoms with Crippen LogP contribution >= 0.6 is 0 Å². The van der Waals surface area contributed by atoms with Crippen molar-refractivity contribution in [3.8, 4) is 5.75 Å². The van der Waals surface area contributed by atoms with Gasteiger partial charge < -0.3 is 10.1 Å². The first-order valence-electron chi connectivity index (χ1n) is 8.48. The Bertz CT molecular complexity index is 579. The van der Waals surface area contributed by atoms with E-state index in [0.29, 0.717) is 25.6 Å². The average Bonchev–Trinajstić information content (AvgIpc) is 2.53. The molecule has 25 heavy (non-hydrogen) atoms. The molecular weight excluding hydrogens is 325 g/mol. The molecule has 1 aromatic carbocycles. The van der Waals surface area contributed by atoms with E-state index >= 15 is 0 Å². The maximum atomic E-state index is 13.7. The van der Waals surface area contributed by atoms with Crippen LogP contribution in [0.25, 0.3) is 0 Å². The lowest BCUT2D eigenvalue weighted by atomic mass is 10.1. The number of halogens is 1. The number of nitrogens with zero attached hydrogens (tertiary/aromatic N) is 1. The first-order chi connectivity index (χ1) is 11.8. The lowest BCUT2D eigenvalue weighted by Crippen LogP contribution is -2.44. The lowest BCUT2D eigenvalue weighted by molar-refractivity contribution is -0.121. The third-order valence-electron chi connectivity index (χ3n) is 3.70. The van der Waals surface area contributed by atoms with Crippen molar-refractivity contribution in [2.45, 2.75) is 33.7 Å². The molecule has 1 aromatic rings. The zero-order valence-electron chi connectivity index (χ0n) is 15.4. The average molecular weight is 353 g/mol. The van der Waals surface area contributed by atoms with E-state index in [4.69, 9.17) is 4.74 Å². The minimum Gasteiger partial charge on any atom is -0.494 e. The number of ether oxygens (including phenoxy) is 1. The van der Waals surface area contributed by atoms with Crippen molar-refractivity contribution in [3.63, 3.8) is 0 Å². The molecule has 0 saturated heterocycles. The topological polar surface area (TPSA) is 70.7 Å². The van der Waals surface area contributed by atoms with Gasteiger partial charge in [-0.05, 0) is 36.6 Å². The van der Waals surface area contributed by atoms with Crippen LogP contribution in [0.4, 0.5) is 9.18 Å². The summed E-state index contributed by atoms with van der Waals surface area (Å²) in [6, 6.07) is 4.21. The van der Waals surface area contributed by atoms with Crippen LogP contribution in [0, 0.1) is 11.7 Å². The Balaban J connectivity index is 2.48. The summed E-state index contributed by atoms with van der Waals surface area (Å²) in [6.45, 7) is 7.60. The van der Waals surface area contributed by atoms with Crippen molar-refractivity contribution < 1.29 is 18.7 Å². The minimum atomic E-state index is -0.489. The van der Waals surface area contributed by atoms with E-state index < -0.39 is 17.8 Å². The number of carbonyl (C=O) groups excluding carboxylic acids is 2. The number of amides is 3. The molecule has 140 valence electrons. The van der Waals surface area contributed by atoms with Crippen LogP contribution in [0.15, 0.2) is 18.2 Å². The Morgan fingerprint density at radius 2 is 2.04 bits per heavy atom. The number of likely N-dealkylation sites (N-methyl/N-ethyl adjacent to an activating group) is 1. The number of carbonyl (C=O) groups is 2. The van der Waals surface area contributed by atoms with Gasteiger partial charge in [0.05, 0.1) is 13.7 Å². The number of hydrogen-bond acceptors (Lipinski definition) is 4.